The molecule has 1 aromatic rings. The van der Waals surface area contributed by atoms with E-state index in [1.807, 2.05) is 38.1 Å². The number of hydrogen-bond acceptors (Lipinski definition) is 3. The molecule has 0 aromatic heterocycles. The van der Waals surface area contributed by atoms with Crippen molar-refractivity contribution in [1.82, 2.24) is 8.61 Å². The standard InChI is InChI=1S/C17H26N2O3S/c1-3-18(12-17(20)15-7-4-13(2)5-8-15)23(21,22)19-11-14-6-9-16(19)10-14/h4-5,7-8,14,16-17,20H,3,6,9-12H2,1-2H3. The number of fused-ring (bicyclic) bond motifs is 2. The molecule has 1 saturated carbocycles. The molecule has 2 bridgehead atoms. The molecule has 1 saturated heterocycles. The summed E-state index contributed by atoms with van der Waals surface area (Å²) in [5.41, 5.74) is 1.88. The van der Waals surface area contributed by atoms with E-state index < -0.39 is 16.3 Å². The lowest BCUT2D eigenvalue weighted by atomic mass is 10.1. The minimum absolute atomic E-state index is 0.107. The molecule has 3 unspecified atom stereocenters. The first-order valence-electron chi connectivity index (χ1n) is 8.43. The Bertz CT molecular complexity index is 644. The van der Waals surface area contributed by atoms with Gasteiger partial charge in [-0.05, 0) is 37.7 Å². The van der Waals surface area contributed by atoms with E-state index in [0.717, 1.165) is 30.4 Å². The number of nitrogens with zero attached hydrogens (tertiary/aromatic N) is 2. The Labute approximate surface area is 139 Å². The van der Waals surface area contributed by atoms with Gasteiger partial charge >= 0.3 is 0 Å². The second kappa shape index (κ2) is 6.51. The molecule has 2 fully saturated rings. The summed E-state index contributed by atoms with van der Waals surface area (Å²) >= 11 is 0. The molecule has 6 heteroatoms. The molecule has 128 valence electrons. The Morgan fingerprint density at radius 2 is 2.00 bits per heavy atom. The predicted octanol–water partition coefficient (Wildman–Crippen LogP) is 2.08. The summed E-state index contributed by atoms with van der Waals surface area (Å²) in [5.74, 6) is 0.524. The van der Waals surface area contributed by atoms with Gasteiger partial charge in [-0.1, -0.05) is 36.8 Å². The Kier molecular flexibility index (Phi) is 4.78. The highest BCUT2D eigenvalue weighted by atomic mass is 32.2. The molecule has 5 nitrogen and oxygen atoms in total. The van der Waals surface area contributed by atoms with Crippen molar-refractivity contribution < 1.29 is 13.5 Å². The quantitative estimate of drug-likeness (QED) is 0.864. The van der Waals surface area contributed by atoms with Crippen molar-refractivity contribution in [3.63, 3.8) is 0 Å². The lowest BCUT2D eigenvalue weighted by Gasteiger charge is -2.32. The topological polar surface area (TPSA) is 60.9 Å². The van der Waals surface area contributed by atoms with Crippen LogP contribution in [0, 0.1) is 12.8 Å². The number of rotatable bonds is 6. The first-order chi connectivity index (χ1) is 10.9. The molecule has 0 spiro atoms. The smallest absolute Gasteiger partial charge is 0.282 e. The summed E-state index contributed by atoms with van der Waals surface area (Å²) in [4.78, 5) is 0. The first-order valence-corrected chi connectivity index (χ1v) is 9.83. The van der Waals surface area contributed by atoms with Crippen molar-refractivity contribution in [3.8, 4) is 0 Å². The highest BCUT2D eigenvalue weighted by Crippen LogP contribution is 2.39. The molecule has 1 N–H and O–H groups in total. The van der Waals surface area contributed by atoms with Crippen LogP contribution < -0.4 is 0 Å². The third-order valence-electron chi connectivity index (χ3n) is 5.17. The van der Waals surface area contributed by atoms with E-state index in [-0.39, 0.29) is 12.6 Å². The average molecular weight is 338 g/mol. The number of aryl methyl sites for hydroxylation is 1. The van der Waals surface area contributed by atoms with Crippen LogP contribution in [0.15, 0.2) is 24.3 Å². The summed E-state index contributed by atoms with van der Waals surface area (Å²) in [7, 11) is -3.49. The Morgan fingerprint density at radius 3 is 2.52 bits per heavy atom. The van der Waals surface area contributed by atoms with Crippen LogP contribution in [-0.4, -0.2) is 47.8 Å². The van der Waals surface area contributed by atoms with E-state index in [2.05, 4.69) is 0 Å². The van der Waals surface area contributed by atoms with Crippen molar-refractivity contribution in [3.05, 3.63) is 35.4 Å². The van der Waals surface area contributed by atoms with Gasteiger partial charge in [-0.2, -0.15) is 17.0 Å². The van der Waals surface area contributed by atoms with Gasteiger partial charge in [0.2, 0.25) is 0 Å². The Hall–Kier alpha value is -0.950. The van der Waals surface area contributed by atoms with E-state index in [1.54, 1.807) is 4.31 Å². The summed E-state index contributed by atoms with van der Waals surface area (Å²) in [6.07, 6.45) is 2.32. The molecule has 2 aliphatic rings. The van der Waals surface area contributed by atoms with Gasteiger partial charge < -0.3 is 5.11 Å². The minimum Gasteiger partial charge on any atom is -0.387 e. The van der Waals surface area contributed by atoms with E-state index in [4.69, 9.17) is 0 Å². The number of likely N-dealkylation sites (N-methyl/N-ethyl adjacent to an activating group) is 1. The monoisotopic (exact) mass is 338 g/mol. The average Bonchev–Trinajstić information content (AvgIpc) is 3.16. The van der Waals surface area contributed by atoms with Crippen LogP contribution in [0.5, 0.6) is 0 Å². The van der Waals surface area contributed by atoms with Crippen LogP contribution >= 0.6 is 0 Å². The third kappa shape index (κ3) is 3.31. The van der Waals surface area contributed by atoms with Gasteiger partial charge in [0.1, 0.15) is 0 Å². The minimum atomic E-state index is -3.49. The lowest BCUT2D eigenvalue weighted by molar-refractivity contribution is 0.144. The highest BCUT2D eigenvalue weighted by molar-refractivity contribution is 7.86. The van der Waals surface area contributed by atoms with Crippen molar-refractivity contribution in [1.29, 1.82) is 0 Å². The van der Waals surface area contributed by atoms with Crippen LogP contribution in [0.1, 0.15) is 43.4 Å². The van der Waals surface area contributed by atoms with Gasteiger partial charge in [-0.25, -0.2) is 0 Å². The lowest BCUT2D eigenvalue weighted by Crippen LogP contribution is -2.48. The molecule has 23 heavy (non-hydrogen) atoms. The van der Waals surface area contributed by atoms with Gasteiger partial charge in [0, 0.05) is 25.7 Å². The predicted molar refractivity (Wildman–Crippen MR) is 90.1 cm³/mol. The zero-order valence-corrected chi connectivity index (χ0v) is 14.7. The van der Waals surface area contributed by atoms with E-state index >= 15 is 0 Å². The van der Waals surface area contributed by atoms with Crippen molar-refractivity contribution >= 4 is 10.2 Å². The molecule has 1 aromatic carbocycles. The van der Waals surface area contributed by atoms with Gasteiger partial charge in [0.25, 0.3) is 10.2 Å². The fraction of sp³-hybridized carbons (Fsp3) is 0.647. The summed E-state index contributed by atoms with van der Waals surface area (Å²) in [5, 5.41) is 10.4. The van der Waals surface area contributed by atoms with E-state index in [9.17, 15) is 13.5 Å². The zero-order valence-electron chi connectivity index (χ0n) is 13.9. The van der Waals surface area contributed by atoms with E-state index in [0.29, 0.717) is 19.0 Å². The molecule has 1 heterocycles. The largest absolute Gasteiger partial charge is 0.387 e. The molecule has 1 aliphatic heterocycles. The number of aliphatic hydroxyl groups is 1. The molecule has 3 atom stereocenters. The normalized spacial score (nSPS) is 26.1. The Balaban J connectivity index is 1.72. The molecule has 3 rings (SSSR count). The number of aliphatic hydroxyl groups excluding tert-OH is 1. The van der Waals surface area contributed by atoms with Gasteiger partial charge in [-0.3, -0.25) is 0 Å². The fourth-order valence-corrected chi connectivity index (χ4v) is 5.70. The van der Waals surface area contributed by atoms with Crippen molar-refractivity contribution in [2.75, 3.05) is 19.6 Å². The molecule has 1 aliphatic carbocycles. The molecule has 0 radical (unpaired) electrons. The summed E-state index contributed by atoms with van der Waals surface area (Å²) in [6.45, 7) is 4.94. The van der Waals surface area contributed by atoms with Gasteiger partial charge in [0.15, 0.2) is 0 Å². The maximum Gasteiger partial charge on any atom is 0.282 e. The Morgan fingerprint density at radius 1 is 1.30 bits per heavy atom. The van der Waals surface area contributed by atoms with Crippen molar-refractivity contribution in [2.24, 2.45) is 5.92 Å². The second-order valence-electron chi connectivity index (χ2n) is 6.79. The van der Waals surface area contributed by atoms with Crippen LogP contribution in [-0.2, 0) is 10.2 Å². The van der Waals surface area contributed by atoms with Gasteiger partial charge in [0.05, 0.1) is 6.10 Å². The van der Waals surface area contributed by atoms with Crippen molar-refractivity contribution in [2.45, 2.75) is 45.3 Å². The second-order valence-corrected chi connectivity index (χ2v) is 8.67. The number of hydrogen-bond donors (Lipinski definition) is 1. The molecule has 0 amide bonds. The third-order valence-corrected chi connectivity index (χ3v) is 7.27. The number of piperidine rings is 1. The van der Waals surface area contributed by atoms with Gasteiger partial charge in [-0.15, -0.1) is 0 Å². The summed E-state index contributed by atoms with van der Waals surface area (Å²) in [6, 6.07) is 7.75. The highest BCUT2D eigenvalue weighted by Gasteiger charge is 2.45. The van der Waals surface area contributed by atoms with E-state index in [1.165, 1.54) is 4.31 Å². The zero-order chi connectivity index (χ0) is 16.6. The maximum absolute atomic E-state index is 12.9. The summed E-state index contributed by atoms with van der Waals surface area (Å²) < 4.78 is 28.9. The molecular formula is C17H26N2O3S. The fourth-order valence-electron chi connectivity index (χ4n) is 3.78. The number of benzene rings is 1. The SMILES string of the molecule is CCN(CC(O)c1ccc(C)cc1)S(=O)(=O)N1CC2CCC1C2. The maximum atomic E-state index is 12.9. The van der Waals surface area contributed by atoms with Crippen LogP contribution in [0.3, 0.4) is 0 Å². The van der Waals surface area contributed by atoms with Crippen LogP contribution in [0.2, 0.25) is 0 Å². The first kappa shape index (κ1) is 16.9. The molecular weight excluding hydrogens is 312 g/mol. The van der Waals surface area contributed by atoms with Crippen LogP contribution in [0.4, 0.5) is 0 Å². The van der Waals surface area contributed by atoms with Crippen LogP contribution in [0.25, 0.3) is 0 Å².